The van der Waals surface area contributed by atoms with Crippen LogP contribution in [0.15, 0.2) is 4.42 Å². The molecule has 3 N–H and O–H groups in total. The van der Waals surface area contributed by atoms with Gasteiger partial charge in [-0.1, -0.05) is 10.2 Å². The first-order chi connectivity index (χ1) is 8.16. The van der Waals surface area contributed by atoms with Crippen LogP contribution in [0.3, 0.4) is 0 Å². The van der Waals surface area contributed by atoms with Crippen molar-refractivity contribution in [3.8, 4) is 0 Å². The second-order valence-corrected chi connectivity index (χ2v) is 4.20. The molecule has 1 saturated heterocycles. The van der Waals surface area contributed by atoms with Gasteiger partial charge in [-0.3, -0.25) is 4.79 Å². The number of hydrogen-bond acceptors (Lipinski definition) is 6. The molecule has 2 rings (SSSR count). The van der Waals surface area contributed by atoms with Crippen molar-refractivity contribution in [2.75, 3.05) is 24.1 Å². The number of nitrogens with two attached hydrogens (primary N) is 1. The van der Waals surface area contributed by atoms with Gasteiger partial charge in [-0.2, -0.15) is 0 Å². The molecular formula is C10H17N5O2. The van der Waals surface area contributed by atoms with Crippen molar-refractivity contribution >= 4 is 17.9 Å². The van der Waals surface area contributed by atoms with E-state index in [1.54, 1.807) is 6.92 Å². The van der Waals surface area contributed by atoms with E-state index in [2.05, 4.69) is 15.5 Å². The molecule has 1 unspecified atom stereocenters. The Morgan fingerprint density at radius 2 is 2.12 bits per heavy atom. The van der Waals surface area contributed by atoms with E-state index in [-0.39, 0.29) is 24.0 Å². The van der Waals surface area contributed by atoms with Crippen LogP contribution < -0.4 is 11.1 Å². The standard InChI is InChI=1S/C10H17N5O2/c1-7(12-10-14-13-9(11)17-10)8(16)15-5-3-2-4-6-15/h7H,2-6H2,1H3,(H2,11,13)(H,12,14). The number of nitrogens with zero attached hydrogens (tertiary/aromatic N) is 3. The number of likely N-dealkylation sites (tertiary alicyclic amines) is 1. The molecule has 1 atom stereocenters. The second-order valence-electron chi connectivity index (χ2n) is 4.20. The molecule has 0 bridgehead atoms. The summed E-state index contributed by atoms with van der Waals surface area (Å²) in [6, 6.07) is -0.210. The monoisotopic (exact) mass is 239 g/mol. The Morgan fingerprint density at radius 1 is 1.41 bits per heavy atom. The molecule has 2 heterocycles. The number of anilines is 2. The van der Waals surface area contributed by atoms with Gasteiger partial charge < -0.3 is 20.4 Å². The van der Waals surface area contributed by atoms with E-state index >= 15 is 0 Å². The minimum Gasteiger partial charge on any atom is -0.390 e. The van der Waals surface area contributed by atoms with Crippen molar-refractivity contribution in [1.29, 1.82) is 0 Å². The van der Waals surface area contributed by atoms with Crippen LogP contribution in [0.5, 0.6) is 0 Å². The van der Waals surface area contributed by atoms with E-state index in [9.17, 15) is 4.79 Å². The third-order valence-electron chi connectivity index (χ3n) is 2.82. The summed E-state index contributed by atoms with van der Waals surface area (Å²) in [6.45, 7) is 3.44. The maximum Gasteiger partial charge on any atom is 0.317 e. The number of amides is 1. The van der Waals surface area contributed by atoms with Crippen LogP contribution in [-0.2, 0) is 4.79 Å². The van der Waals surface area contributed by atoms with Gasteiger partial charge in [-0.25, -0.2) is 0 Å². The second kappa shape index (κ2) is 5.03. The van der Waals surface area contributed by atoms with Crippen molar-refractivity contribution in [1.82, 2.24) is 15.1 Å². The van der Waals surface area contributed by atoms with Gasteiger partial charge in [0.25, 0.3) is 0 Å². The highest BCUT2D eigenvalue weighted by atomic mass is 16.4. The SMILES string of the molecule is CC(Nc1nnc(N)o1)C(=O)N1CCCCC1. The number of piperidine rings is 1. The lowest BCUT2D eigenvalue weighted by Gasteiger charge is -2.29. The molecule has 1 aliphatic rings. The maximum absolute atomic E-state index is 12.1. The van der Waals surface area contributed by atoms with Crippen LogP contribution in [0.2, 0.25) is 0 Å². The first-order valence-corrected chi connectivity index (χ1v) is 5.81. The van der Waals surface area contributed by atoms with E-state index in [0.29, 0.717) is 0 Å². The molecule has 17 heavy (non-hydrogen) atoms. The van der Waals surface area contributed by atoms with Crippen molar-refractivity contribution in [2.24, 2.45) is 0 Å². The molecular weight excluding hydrogens is 222 g/mol. The largest absolute Gasteiger partial charge is 0.390 e. The van der Waals surface area contributed by atoms with Crippen molar-refractivity contribution < 1.29 is 9.21 Å². The minimum absolute atomic E-state index is 0.00915. The van der Waals surface area contributed by atoms with Crippen LogP contribution in [0, 0.1) is 0 Å². The molecule has 0 radical (unpaired) electrons. The summed E-state index contributed by atoms with van der Waals surface area (Å²) in [6.07, 6.45) is 3.35. The van der Waals surface area contributed by atoms with Crippen LogP contribution in [0.25, 0.3) is 0 Å². The fourth-order valence-electron chi connectivity index (χ4n) is 1.93. The average molecular weight is 239 g/mol. The maximum atomic E-state index is 12.1. The molecule has 0 saturated carbocycles. The van der Waals surface area contributed by atoms with Gasteiger partial charge in [0.15, 0.2) is 0 Å². The molecule has 94 valence electrons. The number of carbonyl (C=O) groups is 1. The molecule has 0 spiro atoms. The molecule has 0 aliphatic carbocycles. The normalized spacial score (nSPS) is 17.8. The molecule has 7 heteroatoms. The van der Waals surface area contributed by atoms with E-state index in [1.165, 1.54) is 6.42 Å². The lowest BCUT2D eigenvalue weighted by Crippen LogP contribution is -2.43. The Morgan fingerprint density at radius 3 is 2.71 bits per heavy atom. The predicted molar refractivity (Wildman–Crippen MR) is 62.2 cm³/mol. The van der Waals surface area contributed by atoms with Gasteiger partial charge in [0, 0.05) is 13.1 Å². The summed E-state index contributed by atoms with van der Waals surface area (Å²) < 4.78 is 4.97. The molecule has 7 nitrogen and oxygen atoms in total. The molecule has 1 aromatic rings. The molecule has 1 amide bonds. The summed E-state index contributed by atoms with van der Waals surface area (Å²) in [4.78, 5) is 13.9. The lowest BCUT2D eigenvalue weighted by atomic mass is 10.1. The zero-order valence-electron chi connectivity index (χ0n) is 9.85. The Balaban J connectivity index is 1.90. The lowest BCUT2D eigenvalue weighted by molar-refractivity contribution is -0.132. The number of carbonyl (C=O) groups excluding carboxylic acids is 1. The summed E-state index contributed by atoms with van der Waals surface area (Å²) in [5, 5.41) is 10.0. The van der Waals surface area contributed by atoms with Crippen LogP contribution in [-0.4, -0.2) is 40.1 Å². The Bertz CT molecular complexity index is 386. The third kappa shape index (κ3) is 2.86. The highest BCUT2D eigenvalue weighted by Gasteiger charge is 2.23. The summed E-state index contributed by atoms with van der Waals surface area (Å²) in [7, 11) is 0. The fraction of sp³-hybridized carbons (Fsp3) is 0.700. The Kier molecular flexibility index (Phi) is 3.46. The van der Waals surface area contributed by atoms with Gasteiger partial charge in [0.1, 0.15) is 6.04 Å². The molecule has 1 aliphatic heterocycles. The third-order valence-corrected chi connectivity index (χ3v) is 2.82. The number of nitrogen functional groups attached to an aromatic ring is 1. The van der Waals surface area contributed by atoms with Gasteiger partial charge in [0.2, 0.25) is 5.91 Å². The van der Waals surface area contributed by atoms with Crippen molar-refractivity contribution in [2.45, 2.75) is 32.2 Å². The van der Waals surface area contributed by atoms with Crippen molar-refractivity contribution in [3.05, 3.63) is 0 Å². The Labute approximate surface area is 99.4 Å². The number of aromatic nitrogens is 2. The summed E-state index contributed by atoms with van der Waals surface area (Å²) in [5.41, 5.74) is 5.30. The zero-order valence-corrected chi connectivity index (χ0v) is 9.85. The van der Waals surface area contributed by atoms with Crippen LogP contribution in [0.1, 0.15) is 26.2 Å². The van der Waals surface area contributed by atoms with Gasteiger partial charge in [0.05, 0.1) is 0 Å². The smallest absolute Gasteiger partial charge is 0.317 e. The van der Waals surface area contributed by atoms with Crippen LogP contribution in [0.4, 0.5) is 12.0 Å². The van der Waals surface area contributed by atoms with Gasteiger partial charge in [-0.05, 0) is 26.2 Å². The summed E-state index contributed by atoms with van der Waals surface area (Å²) in [5.74, 6) is 0.0569. The van der Waals surface area contributed by atoms with E-state index in [0.717, 1.165) is 25.9 Å². The van der Waals surface area contributed by atoms with Crippen molar-refractivity contribution in [3.63, 3.8) is 0 Å². The molecule has 1 aromatic heterocycles. The van der Waals surface area contributed by atoms with E-state index in [1.807, 2.05) is 4.90 Å². The molecule has 0 aromatic carbocycles. The highest BCUT2D eigenvalue weighted by Crippen LogP contribution is 2.13. The highest BCUT2D eigenvalue weighted by molar-refractivity contribution is 5.83. The number of rotatable bonds is 3. The topological polar surface area (TPSA) is 97.3 Å². The Hall–Kier alpha value is -1.79. The predicted octanol–water partition coefficient (Wildman–Crippen LogP) is 0.465. The minimum atomic E-state index is -0.382. The van der Waals surface area contributed by atoms with E-state index < -0.39 is 0 Å². The first-order valence-electron chi connectivity index (χ1n) is 5.81. The first kappa shape index (κ1) is 11.7. The number of hydrogen-bond donors (Lipinski definition) is 2. The van der Waals surface area contributed by atoms with Gasteiger partial charge in [-0.15, -0.1) is 0 Å². The van der Waals surface area contributed by atoms with Gasteiger partial charge >= 0.3 is 12.0 Å². The van der Waals surface area contributed by atoms with Crippen LogP contribution >= 0.6 is 0 Å². The quantitative estimate of drug-likeness (QED) is 0.795. The average Bonchev–Trinajstić information content (AvgIpc) is 2.75. The molecule has 1 fully saturated rings. The van der Waals surface area contributed by atoms with E-state index in [4.69, 9.17) is 10.2 Å². The fourth-order valence-corrected chi connectivity index (χ4v) is 1.93. The number of nitrogens with one attached hydrogen (secondary N) is 1. The zero-order chi connectivity index (χ0) is 12.3. The summed E-state index contributed by atoms with van der Waals surface area (Å²) >= 11 is 0.